The lowest BCUT2D eigenvalue weighted by molar-refractivity contribution is 0.0478. The summed E-state index contributed by atoms with van der Waals surface area (Å²) in [6, 6.07) is 11.6. The van der Waals surface area contributed by atoms with Gasteiger partial charge in [-0.25, -0.2) is 17.9 Å². The van der Waals surface area contributed by atoms with Crippen molar-refractivity contribution in [2.75, 3.05) is 12.8 Å². The van der Waals surface area contributed by atoms with Crippen LogP contribution in [0.25, 0.3) is 0 Å². The van der Waals surface area contributed by atoms with Crippen molar-refractivity contribution in [3.8, 4) is 0 Å². The number of sulfonamides is 1. The van der Waals surface area contributed by atoms with Crippen LogP contribution in [0.1, 0.15) is 45.4 Å². The summed E-state index contributed by atoms with van der Waals surface area (Å²) in [4.78, 5) is 13.6. The molecule has 1 heterocycles. The highest BCUT2D eigenvalue weighted by atomic mass is 32.2. The molecule has 0 spiro atoms. The molecule has 0 aliphatic rings. The second-order valence-electron chi connectivity index (χ2n) is 6.15. The first-order valence-electron chi connectivity index (χ1n) is 8.04. The molecule has 0 unspecified atom stereocenters. The fraction of sp³-hybridized carbons (Fsp3) is 0.389. The zero-order valence-electron chi connectivity index (χ0n) is 14.6. The van der Waals surface area contributed by atoms with Crippen LogP contribution in [0.5, 0.6) is 0 Å². The van der Waals surface area contributed by atoms with Gasteiger partial charge in [-0.3, -0.25) is 0 Å². The van der Waals surface area contributed by atoms with E-state index in [-0.39, 0.29) is 12.6 Å². The van der Waals surface area contributed by atoms with Crippen molar-refractivity contribution in [2.24, 2.45) is 0 Å². The quantitative estimate of drug-likeness (QED) is 0.712. The molecule has 0 radical (unpaired) electrons. The molecule has 136 valence electrons. The topological polar surface area (TPSA) is 72.5 Å². The van der Waals surface area contributed by atoms with Crippen LogP contribution in [-0.4, -0.2) is 27.2 Å². The van der Waals surface area contributed by atoms with Crippen molar-refractivity contribution < 1.29 is 17.9 Å². The van der Waals surface area contributed by atoms with E-state index < -0.39 is 10.0 Å². The molecular weight excluding hydrogens is 358 g/mol. The number of carbonyl (C=O) groups is 1. The molecule has 0 saturated carbocycles. The Morgan fingerprint density at radius 1 is 1.16 bits per heavy atom. The molecule has 0 amide bonds. The van der Waals surface area contributed by atoms with Gasteiger partial charge in [0.05, 0.1) is 6.26 Å². The van der Waals surface area contributed by atoms with Crippen LogP contribution in [0.2, 0.25) is 0 Å². The van der Waals surface area contributed by atoms with Gasteiger partial charge in [-0.2, -0.15) is 0 Å². The van der Waals surface area contributed by atoms with Crippen LogP contribution in [-0.2, 0) is 27.8 Å². The Bertz CT molecular complexity index is 808. The minimum Gasteiger partial charge on any atom is -0.457 e. The molecule has 2 aromatic rings. The van der Waals surface area contributed by atoms with Crippen molar-refractivity contribution in [3.05, 3.63) is 57.3 Å². The fourth-order valence-electron chi connectivity index (χ4n) is 2.20. The summed E-state index contributed by atoms with van der Waals surface area (Å²) >= 11 is 1.32. The number of hydrogen-bond acceptors (Lipinski definition) is 5. The summed E-state index contributed by atoms with van der Waals surface area (Å²) in [7, 11) is -3.19. The summed E-state index contributed by atoms with van der Waals surface area (Å²) in [6.07, 6.45) is 1.67. The Morgan fingerprint density at radius 2 is 1.84 bits per heavy atom. The monoisotopic (exact) mass is 381 g/mol. The number of carbonyl (C=O) groups excluding carboxylic acids is 1. The lowest BCUT2D eigenvalue weighted by atomic mass is 10.0. The van der Waals surface area contributed by atoms with Gasteiger partial charge in [0.15, 0.2) is 0 Å². The minimum atomic E-state index is -3.19. The van der Waals surface area contributed by atoms with Crippen molar-refractivity contribution in [2.45, 2.75) is 32.8 Å². The highest BCUT2D eigenvalue weighted by Crippen LogP contribution is 2.19. The SMILES string of the molecule is CC(C)c1ccc(COC(=O)c2ccc(CCNS(C)(=O)=O)s2)cc1. The number of benzene rings is 1. The van der Waals surface area contributed by atoms with Gasteiger partial charge < -0.3 is 4.74 Å². The van der Waals surface area contributed by atoms with Gasteiger partial charge in [-0.05, 0) is 35.6 Å². The third-order valence-corrected chi connectivity index (χ3v) is 5.47. The highest BCUT2D eigenvalue weighted by Gasteiger charge is 2.11. The normalized spacial score (nSPS) is 11.7. The van der Waals surface area contributed by atoms with Gasteiger partial charge in [-0.1, -0.05) is 38.1 Å². The van der Waals surface area contributed by atoms with E-state index in [4.69, 9.17) is 4.74 Å². The fourth-order valence-corrected chi connectivity index (χ4v) is 3.57. The van der Waals surface area contributed by atoms with Gasteiger partial charge in [-0.15, -0.1) is 11.3 Å². The number of thiophene rings is 1. The molecule has 0 bridgehead atoms. The van der Waals surface area contributed by atoms with E-state index in [9.17, 15) is 13.2 Å². The largest absolute Gasteiger partial charge is 0.457 e. The van der Waals surface area contributed by atoms with Crippen LogP contribution >= 0.6 is 11.3 Å². The van der Waals surface area contributed by atoms with Gasteiger partial charge in [0.1, 0.15) is 11.5 Å². The lowest BCUT2D eigenvalue weighted by Gasteiger charge is -2.07. The Kier molecular flexibility index (Phi) is 6.75. The number of rotatable bonds is 8. The van der Waals surface area contributed by atoms with E-state index in [0.717, 1.165) is 16.7 Å². The molecule has 1 aromatic carbocycles. The Labute approximate surface area is 153 Å². The molecule has 2 rings (SSSR count). The second kappa shape index (κ2) is 8.60. The van der Waals surface area contributed by atoms with Crippen molar-refractivity contribution in [1.82, 2.24) is 4.72 Å². The van der Waals surface area contributed by atoms with Gasteiger partial charge >= 0.3 is 5.97 Å². The van der Waals surface area contributed by atoms with Crippen LogP contribution in [0.15, 0.2) is 36.4 Å². The summed E-state index contributed by atoms with van der Waals surface area (Å²) in [6.45, 7) is 4.82. The molecule has 7 heteroatoms. The van der Waals surface area contributed by atoms with Crippen molar-refractivity contribution in [1.29, 1.82) is 0 Å². The van der Waals surface area contributed by atoms with E-state index in [0.29, 0.717) is 23.8 Å². The van der Waals surface area contributed by atoms with Crippen LogP contribution < -0.4 is 4.72 Å². The molecule has 1 N–H and O–H groups in total. The van der Waals surface area contributed by atoms with E-state index in [1.807, 2.05) is 30.3 Å². The third-order valence-electron chi connectivity index (χ3n) is 3.61. The molecular formula is C18H23NO4S2. The molecule has 1 aromatic heterocycles. The Hall–Kier alpha value is -1.70. The maximum atomic E-state index is 12.1. The summed E-state index contributed by atoms with van der Waals surface area (Å²) in [5.74, 6) is 0.110. The first kappa shape index (κ1) is 19.6. The van der Waals surface area contributed by atoms with Crippen molar-refractivity contribution in [3.63, 3.8) is 0 Å². The third kappa shape index (κ3) is 6.61. The zero-order valence-corrected chi connectivity index (χ0v) is 16.2. The van der Waals surface area contributed by atoms with Crippen molar-refractivity contribution >= 4 is 27.3 Å². The van der Waals surface area contributed by atoms with E-state index in [1.165, 1.54) is 16.9 Å². The van der Waals surface area contributed by atoms with Crippen LogP contribution in [0.4, 0.5) is 0 Å². The summed E-state index contributed by atoms with van der Waals surface area (Å²) < 4.78 is 29.8. The van der Waals surface area contributed by atoms with Gasteiger partial charge in [0.25, 0.3) is 0 Å². The summed E-state index contributed by atoms with van der Waals surface area (Å²) in [5, 5.41) is 0. The van der Waals surface area contributed by atoms with Crippen LogP contribution in [0.3, 0.4) is 0 Å². The number of hydrogen-bond donors (Lipinski definition) is 1. The molecule has 0 aliphatic carbocycles. The molecule has 5 nitrogen and oxygen atoms in total. The number of esters is 1. The number of ether oxygens (including phenoxy) is 1. The predicted molar refractivity (Wildman–Crippen MR) is 101 cm³/mol. The minimum absolute atomic E-state index is 0.236. The van der Waals surface area contributed by atoms with E-state index in [1.54, 1.807) is 6.07 Å². The van der Waals surface area contributed by atoms with Crippen LogP contribution in [0, 0.1) is 0 Å². The highest BCUT2D eigenvalue weighted by molar-refractivity contribution is 7.88. The van der Waals surface area contributed by atoms with E-state index in [2.05, 4.69) is 18.6 Å². The molecule has 0 saturated heterocycles. The molecule has 0 fully saturated rings. The summed E-state index contributed by atoms with van der Waals surface area (Å²) in [5.41, 5.74) is 2.20. The van der Waals surface area contributed by atoms with E-state index >= 15 is 0 Å². The average Bonchev–Trinajstić information content (AvgIpc) is 3.00. The van der Waals surface area contributed by atoms with Gasteiger partial charge in [0, 0.05) is 11.4 Å². The average molecular weight is 382 g/mol. The van der Waals surface area contributed by atoms with Gasteiger partial charge in [0.2, 0.25) is 10.0 Å². The first-order valence-corrected chi connectivity index (χ1v) is 10.7. The lowest BCUT2D eigenvalue weighted by Crippen LogP contribution is -2.23. The second-order valence-corrected chi connectivity index (χ2v) is 9.16. The maximum Gasteiger partial charge on any atom is 0.348 e. The Morgan fingerprint density at radius 3 is 2.44 bits per heavy atom. The maximum absolute atomic E-state index is 12.1. The molecule has 25 heavy (non-hydrogen) atoms. The molecule has 0 atom stereocenters. The predicted octanol–water partition coefficient (Wildman–Crippen LogP) is 3.32. The first-order chi connectivity index (χ1) is 11.7. The number of nitrogens with one attached hydrogen (secondary N) is 1. The Balaban J connectivity index is 1.84. The zero-order chi connectivity index (χ0) is 18.4. The smallest absolute Gasteiger partial charge is 0.348 e. The molecule has 0 aliphatic heterocycles. The standard InChI is InChI=1S/C18H23NO4S2/c1-13(2)15-6-4-14(5-7-15)12-23-18(20)17-9-8-16(24-17)10-11-19-25(3,21)22/h4-9,13,19H,10-12H2,1-3H3.